The van der Waals surface area contributed by atoms with Crippen molar-refractivity contribution in [3.8, 4) is 0 Å². The van der Waals surface area contributed by atoms with E-state index in [1.165, 1.54) is 5.06 Å². The third-order valence-corrected chi connectivity index (χ3v) is 1.04. The monoisotopic (exact) mass is 115 g/mol. The van der Waals surface area contributed by atoms with Crippen LogP contribution in [0.1, 0.15) is 6.92 Å². The average Bonchev–Trinajstić information content (AvgIpc) is 1.85. The Morgan fingerprint density at radius 2 is 2.50 bits per heavy atom. The van der Waals surface area contributed by atoms with Gasteiger partial charge in [-0.2, -0.15) is 0 Å². The molecule has 46 valence electrons. The van der Waals surface area contributed by atoms with E-state index >= 15 is 0 Å². The van der Waals surface area contributed by atoms with E-state index in [0.717, 1.165) is 5.57 Å². The van der Waals surface area contributed by atoms with Gasteiger partial charge in [0.15, 0.2) is 0 Å². The van der Waals surface area contributed by atoms with Crippen LogP contribution in [0.2, 0.25) is 0 Å². The molecule has 0 amide bonds. The first-order valence-corrected chi connectivity index (χ1v) is 2.46. The van der Waals surface area contributed by atoms with Crippen molar-refractivity contribution in [1.29, 1.82) is 0 Å². The van der Waals surface area contributed by atoms with Crippen LogP contribution in [0.15, 0.2) is 11.8 Å². The molecule has 0 aromatic carbocycles. The molecule has 0 aromatic rings. The lowest BCUT2D eigenvalue weighted by atomic mass is 10.3. The van der Waals surface area contributed by atoms with Crippen LogP contribution >= 0.6 is 0 Å². The molecule has 0 saturated heterocycles. The zero-order chi connectivity index (χ0) is 6.15. The number of hydroxylamine groups is 2. The zero-order valence-electron chi connectivity index (χ0n) is 4.96. The van der Waals surface area contributed by atoms with Crippen molar-refractivity contribution in [2.45, 2.75) is 13.2 Å². The van der Waals surface area contributed by atoms with E-state index in [4.69, 9.17) is 9.94 Å². The minimum Gasteiger partial charge on any atom is -0.363 e. The van der Waals surface area contributed by atoms with Gasteiger partial charge in [0.25, 0.3) is 0 Å². The molecule has 0 spiro atoms. The molecule has 0 aromatic heterocycles. The minimum atomic E-state index is -0.722. The number of aliphatic hydroxyl groups is 1. The molecule has 3 heteroatoms. The molecule has 3 nitrogen and oxygen atoms in total. The molecule has 0 bridgehead atoms. The molecular formula is C5H9NO2. The maximum atomic E-state index is 8.84. The third kappa shape index (κ3) is 0.827. The molecule has 1 aliphatic heterocycles. The van der Waals surface area contributed by atoms with Crippen LogP contribution in [0.25, 0.3) is 0 Å². The molecule has 1 atom stereocenters. The fourth-order valence-corrected chi connectivity index (χ4v) is 0.622. The van der Waals surface area contributed by atoms with Crippen LogP contribution < -0.4 is 0 Å². The average molecular weight is 115 g/mol. The van der Waals surface area contributed by atoms with E-state index in [0.29, 0.717) is 0 Å². The standard InChI is InChI=1S/C5H9NO2/c1-4-3-6(2)8-5(4)7/h3,5,7H,1-2H3. The summed E-state index contributed by atoms with van der Waals surface area (Å²) < 4.78 is 0. The van der Waals surface area contributed by atoms with Gasteiger partial charge in [0, 0.05) is 18.8 Å². The van der Waals surface area contributed by atoms with Gasteiger partial charge >= 0.3 is 0 Å². The number of hydrogen-bond acceptors (Lipinski definition) is 3. The van der Waals surface area contributed by atoms with E-state index in [1.807, 2.05) is 6.92 Å². The van der Waals surface area contributed by atoms with Crippen LogP contribution in [-0.2, 0) is 4.84 Å². The minimum absolute atomic E-state index is 0.722. The van der Waals surface area contributed by atoms with Gasteiger partial charge in [0.2, 0.25) is 6.29 Å². The second-order valence-corrected chi connectivity index (χ2v) is 1.88. The lowest BCUT2D eigenvalue weighted by Crippen LogP contribution is -2.13. The zero-order valence-corrected chi connectivity index (χ0v) is 4.96. The fourth-order valence-electron chi connectivity index (χ4n) is 0.622. The van der Waals surface area contributed by atoms with Gasteiger partial charge in [0.05, 0.1) is 0 Å². The SMILES string of the molecule is CC1=CN(C)OC1O. The topological polar surface area (TPSA) is 32.7 Å². The van der Waals surface area contributed by atoms with E-state index in [1.54, 1.807) is 13.2 Å². The van der Waals surface area contributed by atoms with Crippen LogP contribution in [0.3, 0.4) is 0 Å². The molecule has 1 unspecified atom stereocenters. The van der Waals surface area contributed by atoms with Crippen LogP contribution in [0.5, 0.6) is 0 Å². The molecule has 8 heavy (non-hydrogen) atoms. The Morgan fingerprint density at radius 1 is 1.88 bits per heavy atom. The number of hydrogen-bond donors (Lipinski definition) is 1. The molecule has 0 fully saturated rings. The fraction of sp³-hybridized carbons (Fsp3) is 0.600. The summed E-state index contributed by atoms with van der Waals surface area (Å²) in [5.74, 6) is 0. The van der Waals surface area contributed by atoms with Crippen molar-refractivity contribution >= 4 is 0 Å². The first-order chi connectivity index (χ1) is 3.70. The van der Waals surface area contributed by atoms with Gasteiger partial charge in [0.1, 0.15) is 0 Å². The van der Waals surface area contributed by atoms with Crippen molar-refractivity contribution < 1.29 is 9.94 Å². The Hall–Kier alpha value is -0.540. The quantitative estimate of drug-likeness (QED) is 0.485. The highest BCUT2D eigenvalue weighted by atomic mass is 16.8. The summed E-state index contributed by atoms with van der Waals surface area (Å²) in [5, 5.41) is 10.3. The summed E-state index contributed by atoms with van der Waals surface area (Å²) in [4.78, 5) is 4.77. The summed E-state index contributed by atoms with van der Waals surface area (Å²) in [6, 6.07) is 0. The molecule has 0 radical (unpaired) electrons. The van der Waals surface area contributed by atoms with Crippen molar-refractivity contribution in [2.24, 2.45) is 0 Å². The maximum Gasteiger partial charge on any atom is 0.204 e. The Labute approximate surface area is 48.1 Å². The van der Waals surface area contributed by atoms with Crippen LogP contribution in [-0.4, -0.2) is 23.5 Å². The Kier molecular flexibility index (Phi) is 1.23. The summed E-state index contributed by atoms with van der Waals surface area (Å²) in [7, 11) is 1.74. The molecule has 1 rings (SSSR count). The molecule has 0 saturated carbocycles. The summed E-state index contributed by atoms with van der Waals surface area (Å²) >= 11 is 0. The van der Waals surface area contributed by atoms with E-state index in [9.17, 15) is 0 Å². The molecular weight excluding hydrogens is 106 g/mol. The molecule has 0 aliphatic carbocycles. The predicted octanol–water partition coefficient (Wildman–Crippen LogP) is 0.0856. The highest BCUT2D eigenvalue weighted by molar-refractivity contribution is 5.02. The van der Waals surface area contributed by atoms with Gasteiger partial charge in [-0.3, -0.25) is 5.06 Å². The van der Waals surface area contributed by atoms with Crippen LogP contribution in [0.4, 0.5) is 0 Å². The maximum absolute atomic E-state index is 8.84. The number of nitrogens with zero attached hydrogens (tertiary/aromatic N) is 1. The van der Waals surface area contributed by atoms with Crippen molar-refractivity contribution in [2.75, 3.05) is 7.05 Å². The number of aliphatic hydroxyl groups excluding tert-OH is 1. The van der Waals surface area contributed by atoms with Gasteiger partial charge < -0.3 is 5.11 Å². The van der Waals surface area contributed by atoms with E-state index < -0.39 is 6.29 Å². The second-order valence-electron chi connectivity index (χ2n) is 1.88. The Morgan fingerprint density at radius 3 is 2.62 bits per heavy atom. The molecule has 1 heterocycles. The number of rotatable bonds is 0. The lowest BCUT2D eigenvalue weighted by molar-refractivity contribution is -0.190. The van der Waals surface area contributed by atoms with Crippen molar-refractivity contribution in [3.05, 3.63) is 11.8 Å². The smallest absolute Gasteiger partial charge is 0.204 e. The first kappa shape index (κ1) is 5.59. The van der Waals surface area contributed by atoms with Gasteiger partial charge in [-0.15, -0.1) is 0 Å². The largest absolute Gasteiger partial charge is 0.363 e. The Bertz CT molecular complexity index is 122. The van der Waals surface area contributed by atoms with Crippen LogP contribution in [0, 0.1) is 0 Å². The van der Waals surface area contributed by atoms with Crippen molar-refractivity contribution in [1.82, 2.24) is 5.06 Å². The molecule has 1 aliphatic rings. The lowest BCUT2D eigenvalue weighted by Gasteiger charge is -2.07. The van der Waals surface area contributed by atoms with Gasteiger partial charge in [-0.25, -0.2) is 4.84 Å². The summed E-state index contributed by atoms with van der Waals surface area (Å²) in [6.45, 7) is 1.81. The van der Waals surface area contributed by atoms with E-state index in [-0.39, 0.29) is 0 Å². The molecule has 1 N–H and O–H groups in total. The van der Waals surface area contributed by atoms with Gasteiger partial charge in [-0.05, 0) is 6.92 Å². The van der Waals surface area contributed by atoms with E-state index in [2.05, 4.69) is 0 Å². The predicted molar refractivity (Wildman–Crippen MR) is 28.6 cm³/mol. The first-order valence-electron chi connectivity index (χ1n) is 2.46. The summed E-state index contributed by atoms with van der Waals surface area (Å²) in [6.07, 6.45) is 1.02. The Balaban J connectivity index is 2.59. The van der Waals surface area contributed by atoms with Crippen molar-refractivity contribution in [3.63, 3.8) is 0 Å². The highest BCUT2D eigenvalue weighted by Crippen LogP contribution is 2.12. The van der Waals surface area contributed by atoms with Gasteiger partial charge in [-0.1, -0.05) is 0 Å². The highest BCUT2D eigenvalue weighted by Gasteiger charge is 2.15. The summed E-state index contributed by atoms with van der Waals surface area (Å²) in [5.41, 5.74) is 0.840. The third-order valence-electron chi connectivity index (χ3n) is 1.04. The second kappa shape index (κ2) is 1.76. The normalized spacial score (nSPS) is 28.6.